The number of hydrogen-bond donors (Lipinski definition) is 2. The summed E-state index contributed by atoms with van der Waals surface area (Å²) in [5.74, 6) is -1.02. The molecular formula is C20H22F2N2O4. The van der Waals surface area contributed by atoms with Crippen molar-refractivity contribution in [2.75, 3.05) is 20.2 Å². The van der Waals surface area contributed by atoms with E-state index in [2.05, 4.69) is 15.4 Å². The topological polar surface area (TPSA) is 76.7 Å². The Hall–Kier alpha value is -3.16. The first-order valence-electron chi connectivity index (χ1n) is 8.71. The molecule has 0 aliphatic rings. The minimum Gasteiger partial charge on any atom is -0.493 e. The fraction of sp³-hybridized carbons (Fsp3) is 0.300. The summed E-state index contributed by atoms with van der Waals surface area (Å²) < 4.78 is 33.9. The van der Waals surface area contributed by atoms with Gasteiger partial charge < -0.3 is 20.1 Å². The van der Waals surface area contributed by atoms with Crippen LogP contribution in [0, 0.1) is 0 Å². The molecule has 0 aromatic heterocycles. The first-order chi connectivity index (χ1) is 13.5. The molecule has 2 aromatic rings. The number of carbonyl (C=O) groups excluding carboxylic acids is 2. The Morgan fingerprint density at radius 1 is 1.04 bits per heavy atom. The number of aryl methyl sites for hydroxylation is 1. The van der Waals surface area contributed by atoms with Crippen LogP contribution in [0.5, 0.6) is 11.5 Å². The van der Waals surface area contributed by atoms with Gasteiger partial charge in [-0.3, -0.25) is 9.59 Å². The lowest BCUT2D eigenvalue weighted by atomic mass is 10.1. The van der Waals surface area contributed by atoms with Gasteiger partial charge in [0.2, 0.25) is 5.91 Å². The van der Waals surface area contributed by atoms with E-state index in [4.69, 9.17) is 4.74 Å². The molecule has 28 heavy (non-hydrogen) atoms. The van der Waals surface area contributed by atoms with Crippen LogP contribution in [0.3, 0.4) is 0 Å². The maximum absolute atomic E-state index is 12.3. The highest BCUT2D eigenvalue weighted by atomic mass is 19.3. The van der Waals surface area contributed by atoms with Crippen molar-refractivity contribution in [2.24, 2.45) is 0 Å². The molecule has 0 heterocycles. The molecule has 0 atom stereocenters. The van der Waals surface area contributed by atoms with Crippen molar-refractivity contribution in [1.82, 2.24) is 10.6 Å². The third-order valence-corrected chi connectivity index (χ3v) is 3.86. The van der Waals surface area contributed by atoms with E-state index in [1.54, 1.807) is 0 Å². The minimum absolute atomic E-state index is 0.00156. The first-order valence-corrected chi connectivity index (χ1v) is 8.71. The van der Waals surface area contributed by atoms with Gasteiger partial charge in [-0.25, -0.2) is 0 Å². The van der Waals surface area contributed by atoms with E-state index < -0.39 is 12.5 Å². The van der Waals surface area contributed by atoms with Gasteiger partial charge in [-0.15, -0.1) is 0 Å². The summed E-state index contributed by atoms with van der Waals surface area (Å²) >= 11 is 0. The van der Waals surface area contributed by atoms with Gasteiger partial charge in [-0.1, -0.05) is 30.3 Å². The number of alkyl halides is 2. The summed E-state index contributed by atoms with van der Waals surface area (Å²) in [7, 11) is 1.28. The molecule has 2 aromatic carbocycles. The number of halogens is 2. The molecule has 0 aliphatic carbocycles. The van der Waals surface area contributed by atoms with Gasteiger partial charge in [0.05, 0.1) is 13.7 Å². The normalized spacial score (nSPS) is 10.4. The summed E-state index contributed by atoms with van der Waals surface area (Å²) in [5, 5.41) is 5.20. The second-order valence-corrected chi connectivity index (χ2v) is 5.87. The van der Waals surface area contributed by atoms with Crippen molar-refractivity contribution in [2.45, 2.75) is 19.5 Å². The average molecular weight is 392 g/mol. The number of nitrogens with one attached hydrogen (secondary N) is 2. The molecule has 0 spiro atoms. The van der Waals surface area contributed by atoms with E-state index in [-0.39, 0.29) is 29.5 Å². The monoisotopic (exact) mass is 392 g/mol. The zero-order valence-electron chi connectivity index (χ0n) is 15.4. The molecule has 0 bridgehead atoms. The van der Waals surface area contributed by atoms with Crippen LogP contribution >= 0.6 is 0 Å². The lowest BCUT2D eigenvalue weighted by molar-refractivity contribution is -0.120. The van der Waals surface area contributed by atoms with Crippen LogP contribution in [-0.2, 0) is 11.2 Å². The molecule has 0 fully saturated rings. The number of carbonyl (C=O) groups is 2. The SMILES string of the molecule is COc1cc(C(=O)NCC(=O)NCCCc2ccccc2)ccc1OC(F)F. The van der Waals surface area contributed by atoms with E-state index in [1.165, 1.54) is 30.9 Å². The molecule has 6 nitrogen and oxygen atoms in total. The number of rotatable bonds is 10. The Morgan fingerprint density at radius 2 is 1.79 bits per heavy atom. The van der Waals surface area contributed by atoms with Gasteiger partial charge in [0.25, 0.3) is 5.91 Å². The molecule has 0 aliphatic heterocycles. The first kappa shape index (κ1) is 21.1. The highest BCUT2D eigenvalue weighted by Gasteiger charge is 2.14. The standard InChI is InChI=1S/C20H22F2N2O4/c1-27-17-12-15(9-10-16(17)28-20(21)22)19(26)24-13-18(25)23-11-5-8-14-6-3-2-4-7-14/h2-4,6-7,9-10,12,20H,5,8,11,13H2,1H3,(H,23,25)(H,24,26). The van der Waals surface area contributed by atoms with Crippen LogP contribution in [0.4, 0.5) is 8.78 Å². The van der Waals surface area contributed by atoms with Crippen molar-refractivity contribution in [1.29, 1.82) is 0 Å². The molecule has 2 amide bonds. The van der Waals surface area contributed by atoms with Crippen LogP contribution < -0.4 is 20.1 Å². The Labute approximate surface area is 161 Å². The second-order valence-electron chi connectivity index (χ2n) is 5.87. The summed E-state index contributed by atoms with van der Waals surface area (Å²) in [6.45, 7) is -2.70. The smallest absolute Gasteiger partial charge is 0.387 e. The maximum Gasteiger partial charge on any atom is 0.387 e. The molecule has 0 saturated heterocycles. The van der Waals surface area contributed by atoms with Gasteiger partial charge in [0.1, 0.15) is 0 Å². The number of amides is 2. The van der Waals surface area contributed by atoms with E-state index in [9.17, 15) is 18.4 Å². The number of hydrogen-bond acceptors (Lipinski definition) is 4. The number of methoxy groups -OCH3 is 1. The van der Waals surface area contributed by atoms with E-state index in [0.29, 0.717) is 6.54 Å². The van der Waals surface area contributed by atoms with Gasteiger partial charge in [0, 0.05) is 12.1 Å². The van der Waals surface area contributed by atoms with Crippen molar-refractivity contribution >= 4 is 11.8 Å². The number of benzene rings is 2. The summed E-state index contributed by atoms with van der Waals surface area (Å²) in [4.78, 5) is 24.0. The molecule has 0 unspecified atom stereocenters. The zero-order valence-corrected chi connectivity index (χ0v) is 15.4. The van der Waals surface area contributed by atoms with Crippen molar-refractivity contribution < 1.29 is 27.8 Å². The van der Waals surface area contributed by atoms with Crippen LogP contribution in [0.2, 0.25) is 0 Å². The Kier molecular flexibility index (Phi) is 8.20. The molecule has 0 radical (unpaired) electrons. The largest absolute Gasteiger partial charge is 0.493 e. The van der Waals surface area contributed by atoms with Gasteiger partial charge in [0.15, 0.2) is 11.5 Å². The van der Waals surface area contributed by atoms with Crippen molar-refractivity contribution in [3.05, 3.63) is 59.7 Å². The lowest BCUT2D eigenvalue weighted by Crippen LogP contribution is -2.37. The van der Waals surface area contributed by atoms with Crippen LogP contribution in [0.25, 0.3) is 0 Å². The second kappa shape index (κ2) is 10.9. The van der Waals surface area contributed by atoms with E-state index in [0.717, 1.165) is 12.8 Å². The molecule has 8 heteroatoms. The molecular weight excluding hydrogens is 370 g/mol. The van der Waals surface area contributed by atoms with Crippen LogP contribution in [0.1, 0.15) is 22.3 Å². The predicted molar refractivity (Wildman–Crippen MR) is 99.7 cm³/mol. The molecule has 0 saturated carbocycles. The van der Waals surface area contributed by atoms with Crippen LogP contribution in [0.15, 0.2) is 48.5 Å². The van der Waals surface area contributed by atoms with Crippen molar-refractivity contribution in [3.8, 4) is 11.5 Å². The third kappa shape index (κ3) is 6.86. The Morgan fingerprint density at radius 3 is 2.46 bits per heavy atom. The summed E-state index contributed by atoms with van der Waals surface area (Å²) in [5.41, 5.74) is 1.36. The van der Waals surface area contributed by atoms with E-state index >= 15 is 0 Å². The average Bonchev–Trinajstić information content (AvgIpc) is 2.70. The van der Waals surface area contributed by atoms with E-state index in [1.807, 2.05) is 30.3 Å². The van der Waals surface area contributed by atoms with Crippen molar-refractivity contribution in [3.63, 3.8) is 0 Å². The molecule has 150 valence electrons. The zero-order chi connectivity index (χ0) is 20.4. The summed E-state index contributed by atoms with van der Waals surface area (Å²) in [6, 6.07) is 13.7. The molecule has 2 N–H and O–H groups in total. The molecule has 2 rings (SSSR count). The summed E-state index contributed by atoms with van der Waals surface area (Å²) in [6.07, 6.45) is 1.63. The highest BCUT2D eigenvalue weighted by molar-refractivity contribution is 5.97. The fourth-order valence-corrected chi connectivity index (χ4v) is 2.49. The van der Waals surface area contributed by atoms with Gasteiger partial charge >= 0.3 is 6.61 Å². The number of ether oxygens (including phenoxy) is 2. The fourth-order valence-electron chi connectivity index (χ4n) is 2.49. The Bertz CT molecular complexity index is 785. The van der Waals surface area contributed by atoms with Gasteiger partial charge in [-0.2, -0.15) is 8.78 Å². The highest BCUT2D eigenvalue weighted by Crippen LogP contribution is 2.29. The van der Waals surface area contributed by atoms with Crippen LogP contribution in [-0.4, -0.2) is 38.6 Å². The quantitative estimate of drug-likeness (QED) is 0.610. The minimum atomic E-state index is -3.00. The maximum atomic E-state index is 12.3. The van der Waals surface area contributed by atoms with Gasteiger partial charge in [-0.05, 0) is 36.6 Å². The third-order valence-electron chi connectivity index (χ3n) is 3.86. The Balaban J connectivity index is 1.75. The lowest BCUT2D eigenvalue weighted by Gasteiger charge is -2.11. The predicted octanol–water partition coefficient (Wildman–Crippen LogP) is 2.78.